The molecule has 2 N–H and O–H groups in total. The molecule has 2 heterocycles. The Labute approximate surface area is 213 Å². The van der Waals surface area contributed by atoms with Gasteiger partial charge in [0.15, 0.2) is 0 Å². The summed E-state index contributed by atoms with van der Waals surface area (Å²) in [7, 11) is 0. The third-order valence-electron chi connectivity index (χ3n) is 6.08. The summed E-state index contributed by atoms with van der Waals surface area (Å²) in [6.07, 6.45) is 4.96. The lowest BCUT2D eigenvalue weighted by Crippen LogP contribution is -2.30. The second-order valence-corrected chi connectivity index (χ2v) is 9.60. The van der Waals surface area contributed by atoms with Gasteiger partial charge in [0.2, 0.25) is 0 Å². The van der Waals surface area contributed by atoms with Crippen LogP contribution in [0.25, 0.3) is 20.9 Å². The molecule has 4 aromatic rings. The summed E-state index contributed by atoms with van der Waals surface area (Å²) < 4.78 is 15.0. The first-order chi connectivity index (χ1) is 16.4. The number of hydrogen-bond acceptors (Lipinski definition) is 5. The molecule has 5 nitrogen and oxygen atoms in total. The quantitative estimate of drug-likeness (QED) is 0.280. The summed E-state index contributed by atoms with van der Waals surface area (Å²) >= 11 is 1.39. The molecule has 1 aliphatic rings. The van der Waals surface area contributed by atoms with Crippen LogP contribution in [0.1, 0.15) is 30.2 Å². The summed E-state index contributed by atoms with van der Waals surface area (Å²) in [6, 6.07) is 19.3. The number of hydrogen-bond donors (Lipinski definition) is 2. The van der Waals surface area contributed by atoms with Crippen molar-refractivity contribution in [2.24, 2.45) is 0 Å². The highest BCUT2D eigenvalue weighted by molar-refractivity contribution is 7.21. The van der Waals surface area contributed by atoms with Crippen molar-refractivity contribution >= 4 is 40.1 Å². The minimum absolute atomic E-state index is 0. The minimum atomic E-state index is -0.837. The van der Waals surface area contributed by atoms with E-state index in [1.807, 2.05) is 43.3 Å². The zero-order chi connectivity index (χ0) is 23.7. The molecular formula is C27H25ClFN3O2S. The van der Waals surface area contributed by atoms with Gasteiger partial charge in [0.1, 0.15) is 21.2 Å². The first-order valence-corrected chi connectivity index (χ1v) is 12.0. The molecule has 0 fully saturated rings. The maximum absolute atomic E-state index is 15.0. The monoisotopic (exact) mass is 509 g/mol. The summed E-state index contributed by atoms with van der Waals surface area (Å²) in [5.41, 5.74) is 3.93. The van der Waals surface area contributed by atoms with Crippen LogP contribution in [0, 0.1) is 5.82 Å². The topological polar surface area (TPSA) is 75.1 Å². The predicted molar refractivity (Wildman–Crippen MR) is 140 cm³/mol. The van der Waals surface area contributed by atoms with Gasteiger partial charge in [-0.05, 0) is 55.3 Å². The molecule has 0 saturated heterocycles. The van der Waals surface area contributed by atoms with Crippen LogP contribution in [0.2, 0.25) is 0 Å². The Morgan fingerprint density at radius 1 is 1.11 bits per heavy atom. The molecule has 5 rings (SSSR count). The number of carboxylic acid groups (broad SMARTS) is 1. The average Bonchev–Trinajstić information content (AvgIpc) is 3.52. The molecule has 0 radical (unpaired) electrons. The van der Waals surface area contributed by atoms with Crippen LogP contribution in [-0.2, 0) is 16.6 Å². The number of pyridine rings is 1. The third kappa shape index (κ3) is 5.27. The number of aliphatic carboxylic acids is 1. The lowest BCUT2D eigenvalue weighted by Gasteiger charge is -2.15. The van der Waals surface area contributed by atoms with E-state index in [9.17, 15) is 9.18 Å². The number of aromatic nitrogens is 2. The Morgan fingerprint density at radius 2 is 1.89 bits per heavy atom. The average molecular weight is 510 g/mol. The van der Waals surface area contributed by atoms with E-state index in [2.05, 4.69) is 34.6 Å². The van der Waals surface area contributed by atoms with E-state index >= 15 is 0 Å². The number of halogens is 2. The summed E-state index contributed by atoms with van der Waals surface area (Å²) in [4.78, 5) is 21.1. The van der Waals surface area contributed by atoms with Crippen molar-refractivity contribution in [2.75, 3.05) is 6.54 Å². The van der Waals surface area contributed by atoms with Crippen molar-refractivity contribution in [1.82, 2.24) is 15.3 Å². The first-order valence-electron chi connectivity index (χ1n) is 11.2. The van der Waals surface area contributed by atoms with Gasteiger partial charge in [-0.1, -0.05) is 59.9 Å². The van der Waals surface area contributed by atoms with Gasteiger partial charge in [-0.15, -0.1) is 12.4 Å². The van der Waals surface area contributed by atoms with Crippen molar-refractivity contribution in [2.45, 2.75) is 31.2 Å². The highest BCUT2D eigenvalue weighted by Crippen LogP contribution is 2.45. The maximum atomic E-state index is 15.0. The van der Waals surface area contributed by atoms with E-state index in [0.29, 0.717) is 23.5 Å². The standard InChI is InChI=1S/C27H24FN3O2S.ClH/c1-17(15-24(32)33)29-14-11-18-7-8-20(21(28)16-18)25-30-22-9-10-23(31-26(22)34-25)27(12-13-27)19-5-3-2-4-6-19;/h2-10,12-13,16-17,29H,11,14-15H2,1H3,(H,32,33);1H. The second-order valence-electron chi connectivity index (χ2n) is 8.63. The lowest BCUT2D eigenvalue weighted by atomic mass is 9.89. The van der Waals surface area contributed by atoms with E-state index in [1.165, 1.54) is 23.0 Å². The fraction of sp³-hybridized carbons (Fsp3) is 0.222. The Kier molecular flexibility index (Phi) is 7.31. The van der Waals surface area contributed by atoms with Gasteiger partial charge in [0, 0.05) is 11.6 Å². The van der Waals surface area contributed by atoms with Crippen LogP contribution in [-0.4, -0.2) is 33.6 Å². The van der Waals surface area contributed by atoms with Crippen molar-refractivity contribution in [3.63, 3.8) is 0 Å². The van der Waals surface area contributed by atoms with E-state index in [4.69, 9.17) is 10.1 Å². The number of benzene rings is 2. The molecule has 0 spiro atoms. The molecule has 8 heteroatoms. The molecule has 0 amide bonds. The van der Waals surface area contributed by atoms with Gasteiger partial charge >= 0.3 is 5.97 Å². The largest absolute Gasteiger partial charge is 0.481 e. The molecular weight excluding hydrogens is 485 g/mol. The van der Waals surface area contributed by atoms with Gasteiger partial charge in [0.25, 0.3) is 0 Å². The van der Waals surface area contributed by atoms with Crippen molar-refractivity contribution in [1.29, 1.82) is 0 Å². The van der Waals surface area contributed by atoms with Gasteiger partial charge in [-0.25, -0.2) is 14.4 Å². The van der Waals surface area contributed by atoms with Gasteiger partial charge in [-0.2, -0.15) is 0 Å². The number of allylic oxidation sites excluding steroid dienone is 2. The molecule has 0 aliphatic heterocycles. The molecule has 2 aromatic heterocycles. The summed E-state index contributed by atoms with van der Waals surface area (Å²) in [6.45, 7) is 2.41. The van der Waals surface area contributed by atoms with Crippen LogP contribution >= 0.6 is 23.7 Å². The summed E-state index contributed by atoms with van der Waals surface area (Å²) in [5.74, 6) is -1.16. The maximum Gasteiger partial charge on any atom is 0.304 e. The Bertz CT molecular complexity index is 1380. The SMILES string of the molecule is CC(CC(=O)O)NCCc1ccc(-c2nc3ccc(C4(c5ccccc5)C=C4)nc3s2)c(F)c1.Cl. The molecule has 0 bridgehead atoms. The molecule has 1 unspecified atom stereocenters. The van der Waals surface area contributed by atoms with Crippen molar-refractivity contribution in [3.05, 3.63) is 95.5 Å². The fourth-order valence-electron chi connectivity index (χ4n) is 4.16. The highest BCUT2D eigenvalue weighted by atomic mass is 35.5. The minimum Gasteiger partial charge on any atom is -0.481 e. The van der Waals surface area contributed by atoms with Crippen LogP contribution in [0.4, 0.5) is 4.39 Å². The fourth-order valence-corrected chi connectivity index (χ4v) is 5.12. The molecule has 2 aromatic carbocycles. The zero-order valence-corrected chi connectivity index (χ0v) is 20.7. The normalized spacial score (nSPS) is 14.5. The van der Waals surface area contributed by atoms with Gasteiger partial charge < -0.3 is 10.4 Å². The zero-order valence-electron chi connectivity index (χ0n) is 19.1. The molecule has 1 atom stereocenters. The van der Waals surface area contributed by atoms with Crippen molar-refractivity contribution < 1.29 is 14.3 Å². The number of nitrogens with one attached hydrogen (secondary N) is 1. The Hall–Kier alpha value is -3.13. The second kappa shape index (κ2) is 10.2. The summed E-state index contributed by atoms with van der Waals surface area (Å²) in [5, 5.41) is 12.6. The van der Waals surface area contributed by atoms with E-state index in [-0.39, 0.29) is 36.1 Å². The number of thiazole rings is 1. The predicted octanol–water partition coefficient (Wildman–Crippen LogP) is 5.77. The third-order valence-corrected chi connectivity index (χ3v) is 7.08. The molecule has 180 valence electrons. The number of nitrogens with zero attached hydrogens (tertiary/aromatic N) is 2. The number of fused-ring (bicyclic) bond motifs is 1. The number of carbonyl (C=O) groups is 1. The highest BCUT2D eigenvalue weighted by Gasteiger charge is 2.39. The molecule has 0 saturated carbocycles. The number of carboxylic acids is 1. The Balaban J connectivity index is 0.00000289. The van der Waals surface area contributed by atoms with Crippen LogP contribution in [0.3, 0.4) is 0 Å². The van der Waals surface area contributed by atoms with E-state index < -0.39 is 5.97 Å². The van der Waals surface area contributed by atoms with Crippen LogP contribution in [0.5, 0.6) is 0 Å². The van der Waals surface area contributed by atoms with E-state index in [0.717, 1.165) is 21.6 Å². The first kappa shape index (κ1) is 25.0. The van der Waals surface area contributed by atoms with Crippen molar-refractivity contribution in [3.8, 4) is 10.6 Å². The van der Waals surface area contributed by atoms with Crippen LogP contribution in [0.15, 0.2) is 72.8 Å². The van der Waals surface area contributed by atoms with Crippen LogP contribution < -0.4 is 5.32 Å². The van der Waals surface area contributed by atoms with E-state index in [1.54, 1.807) is 6.07 Å². The smallest absolute Gasteiger partial charge is 0.304 e. The van der Waals surface area contributed by atoms with Gasteiger partial charge in [0.05, 0.1) is 17.5 Å². The molecule has 1 aliphatic carbocycles. The Morgan fingerprint density at radius 3 is 2.57 bits per heavy atom. The molecule has 35 heavy (non-hydrogen) atoms. The van der Waals surface area contributed by atoms with Gasteiger partial charge in [-0.3, -0.25) is 4.79 Å². The lowest BCUT2D eigenvalue weighted by molar-refractivity contribution is -0.137. The number of rotatable bonds is 9.